The number of hydrogen-bond donors (Lipinski definition) is 2. The van der Waals surface area contributed by atoms with E-state index in [4.69, 9.17) is 0 Å². The molecule has 7 nitrogen and oxygen atoms in total. The molecule has 0 spiro atoms. The van der Waals surface area contributed by atoms with E-state index in [1.165, 1.54) is 0 Å². The molecule has 7 heteroatoms. The van der Waals surface area contributed by atoms with Crippen LogP contribution in [-0.2, 0) is 0 Å². The minimum atomic E-state index is -1.28. The fraction of sp³-hybridized carbons (Fsp3) is 0.462. The van der Waals surface area contributed by atoms with Gasteiger partial charge in [-0.15, -0.1) is 0 Å². The highest BCUT2D eigenvalue weighted by Crippen LogP contribution is 2.27. The summed E-state index contributed by atoms with van der Waals surface area (Å²) in [5.74, 6) is -0.369. The number of nitrogens with one attached hydrogen (secondary N) is 2. The van der Waals surface area contributed by atoms with E-state index in [0.29, 0.717) is 11.1 Å². The topological polar surface area (TPSA) is 67.9 Å². The van der Waals surface area contributed by atoms with E-state index in [1.54, 1.807) is 25.9 Å². The lowest BCUT2D eigenvalue weighted by Gasteiger charge is -2.34. The Morgan fingerprint density at radius 3 is 1.33 bits per heavy atom. The van der Waals surface area contributed by atoms with Crippen molar-refractivity contribution in [3.63, 3.8) is 0 Å². The molecule has 2 aliphatic rings. The molecule has 176 valence electrons. The first-order chi connectivity index (χ1) is 15.9. The summed E-state index contributed by atoms with van der Waals surface area (Å²) in [5, 5.41) is 6.70. The summed E-state index contributed by atoms with van der Waals surface area (Å²) in [7, 11) is 3.58. The third-order valence-electron chi connectivity index (χ3n) is 7.00. The summed E-state index contributed by atoms with van der Waals surface area (Å²) in [6.45, 7) is 9.36. The lowest BCUT2D eigenvalue weighted by molar-refractivity contribution is 0.0600. The van der Waals surface area contributed by atoms with Crippen molar-refractivity contribution in [2.45, 2.75) is 12.5 Å². The zero-order valence-electron chi connectivity index (χ0n) is 19.9. The van der Waals surface area contributed by atoms with Crippen LogP contribution in [0.5, 0.6) is 0 Å². The maximum atomic E-state index is 13.6. The van der Waals surface area contributed by atoms with Crippen LogP contribution in [-0.4, -0.2) is 88.5 Å². The van der Waals surface area contributed by atoms with Gasteiger partial charge in [-0.25, -0.2) is 0 Å². The van der Waals surface area contributed by atoms with Crippen LogP contribution >= 0.6 is 0 Å². The lowest BCUT2D eigenvalue weighted by Crippen LogP contribution is -2.55. The minimum Gasteiger partial charge on any atom is -0.369 e. The third-order valence-corrected chi connectivity index (χ3v) is 7.00. The molecule has 0 aliphatic carbocycles. The number of hydrogen-bond acceptors (Lipinski definition) is 7. The maximum absolute atomic E-state index is 13.6. The Balaban J connectivity index is 1.54. The zero-order chi connectivity index (χ0) is 23.4. The summed E-state index contributed by atoms with van der Waals surface area (Å²) in [4.78, 5) is 33.6. The SMILES string of the molecule is CN(C)C(C)(C(=O)c1ccc(N2CCNCC2)cc1)C(=O)c1ccc(N2CCNCC2)cc1. The molecule has 2 aliphatic heterocycles. The monoisotopic (exact) mass is 449 g/mol. The molecule has 0 radical (unpaired) electrons. The van der Waals surface area contributed by atoms with Crippen molar-refractivity contribution < 1.29 is 9.59 Å². The molecule has 2 heterocycles. The Kier molecular flexibility index (Phi) is 7.12. The largest absolute Gasteiger partial charge is 0.369 e. The Bertz CT molecular complexity index is 886. The number of ketones is 2. The number of carbonyl (C=O) groups is 2. The van der Waals surface area contributed by atoms with Gasteiger partial charge in [-0.1, -0.05) is 0 Å². The molecule has 0 amide bonds. The number of rotatable bonds is 7. The van der Waals surface area contributed by atoms with E-state index < -0.39 is 5.54 Å². The number of carbonyl (C=O) groups excluding carboxylic acids is 2. The van der Waals surface area contributed by atoms with Gasteiger partial charge in [-0.3, -0.25) is 14.5 Å². The van der Waals surface area contributed by atoms with Gasteiger partial charge in [-0.05, 0) is 69.6 Å². The normalized spacial score (nSPS) is 17.3. The van der Waals surface area contributed by atoms with Crippen LogP contribution in [0.1, 0.15) is 27.6 Å². The maximum Gasteiger partial charge on any atom is 0.190 e. The molecule has 33 heavy (non-hydrogen) atoms. The number of benzene rings is 2. The van der Waals surface area contributed by atoms with E-state index in [2.05, 4.69) is 20.4 Å². The van der Waals surface area contributed by atoms with Gasteiger partial charge >= 0.3 is 0 Å². The highest BCUT2D eigenvalue weighted by Gasteiger charge is 2.44. The Hall–Kier alpha value is -2.74. The van der Waals surface area contributed by atoms with Gasteiger partial charge in [-0.2, -0.15) is 0 Å². The highest BCUT2D eigenvalue weighted by molar-refractivity contribution is 6.23. The first kappa shape index (κ1) is 23.4. The lowest BCUT2D eigenvalue weighted by atomic mass is 9.82. The summed E-state index contributed by atoms with van der Waals surface area (Å²) < 4.78 is 0. The summed E-state index contributed by atoms with van der Waals surface area (Å²) in [5.41, 5.74) is 2.03. The Morgan fingerprint density at radius 2 is 1.03 bits per heavy atom. The van der Waals surface area contributed by atoms with Crippen LogP contribution in [0.3, 0.4) is 0 Å². The minimum absolute atomic E-state index is 0.185. The molecule has 0 unspecified atom stereocenters. The molecule has 0 aromatic heterocycles. The molecule has 2 saturated heterocycles. The Labute approximate surface area is 196 Å². The predicted molar refractivity (Wildman–Crippen MR) is 134 cm³/mol. The van der Waals surface area contributed by atoms with Crippen molar-refractivity contribution in [2.24, 2.45) is 0 Å². The van der Waals surface area contributed by atoms with Gasteiger partial charge < -0.3 is 20.4 Å². The molecule has 2 fully saturated rings. The van der Waals surface area contributed by atoms with Crippen molar-refractivity contribution in [1.29, 1.82) is 0 Å². The fourth-order valence-electron chi connectivity index (χ4n) is 4.56. The van der Waals surface area contributed by atoms with Crippen molar-refractivity contribution in [3.05, 3.63) is 59.7 Å². The molecular formula is C26H35N5O2. The van der Waals surface area contributed by atoms with Gasteiger partial charge in [0, 0.05) is 74.9 Å². The van der Waals surface area contributed by atoms with Gasteiger partial charge in [0.25, 0.3) is 0 Å². The second kappa shape index (κ2) is 10.0. The van der Waals surface area contributed by atoms with Crippen molar-refractivity contribution in [1.82, 2.24) is 15.5 Å². The van der Waals surface area contributed by atoms with Gasteiger partial charge in [0.15, 0.2) is 11.6 Å². The molecule has 2 aromatic carbocycles. The van der Waals surface area contributed by atoms with E-state index in [9.17, 15) is 9.59 Å². The number of nitrogens with zero attached hydrogens (tertiary/aromatic N) is 3. The molecule has 2 aromatic rings. The van der Waals surface area contributed by atoms with Crippen LogP contribution in [0.25, 0.3) is 0 Å². The predicted octanol–water partition coefficient (Wildman–Crippen LogP) is 1.89. The second-order valence-corrected chi connectivity index (χ2v) is 9.19. The highest BCUT2D eigenvalue weighted by atomic mass is 16.2. The average molecular weight is 450 g/mol. The molecule has 2 N–H and O–H groups in total. The molecule has 0 saturated carbocycles. The van der Waals surface area contributed by atoms with E-state index >= 15 is 0 Å². The van der Waals surface area contributed by atoms with Gasteiger partial charge in [0.05, 0.1) is 0 Å². The number of Topliss-reactive ketones (excluding diaryl/α,β-unsaturated/α-hetero) is 2. The summed E-state index contributed by atoms with van der Waals surface area (Å²) >= 11 is 0. The van der Waals surface area contributed by atoms with Crippen LogP contribution in [0.15, 0.2) is 48.5 Å². The summed E-state index contributed by atoms with van der Waals surface area (Å²) in [6, 6.07) is 15.3. The quantitative estimate of drug-likeness (QED) is 0.494. The molecule has 4 rings (SSSR count). The number of likely N-dealkylation sites (N-methyl/N-ethyl adjacent to an activating group) is 1. The van der Waals surface area contributed by atoms with E-state index in [1.807, 2.05) is 48.5 Å². The molecule has 0 atom stereocenters. The number of anilines is 2. The second-order valence-electron chi connectivity index (χ2n) is 9.19. The van der Waals surface area contributed by atoms with Crippen LogP contribution in [0.2, 0.25) is 0 Å². The smallest absolute Gasteiger partial charge is 0.190 e. The fourth-order valence-corrected chi connectivity index (χ4v) is 4.56. The molecule has 0 bridgehead atoms. The standard InChI is InChI=1S/C26H35N5O2/c1-26(29(2)3,24(32)20-4-8-22(9-5-20)30-16-12-27-13-17-30)25(33)21-6-10-23(11-7-21)31-18-14-28-15-19-31/h4-11,27-28H,12-19H2,1-3H3. The van der Waals surface area contributed by atoms with Crippen LogP contribution in [0, 0.1) is 0 Å². The van der Waals surface area contributed by atoms with E-state index in [-0.39, 0.29) is 11.6 Å². The first-order valence-electron chi connectivity index (χ1n) is 11.8. The van der Waals surface area contributed by atoms with Crippen molar-refractivity contribution in [2.75, 3.05) is 76.3 Å². The van der Waals surface area contributed by atoms with E-state index in [0.717, 1.165) is 63.7 Å². The zero-order valence-corrected chi connectivity index (χ0v) is 19.9. The van der Waals surface area contributed by atoms with Crippen molar-refractivity contribution >= 4 is 22.9 Å². The summed E-state index contributed by atoms with van der Waals surface area (Å²) in [6.07, 6.45) is 0. The Morgan fingerprint density at radius 1 is 0.697 bits per heavy atom. The van der Waals surface area contributed by atoms with Crippen LogP contribution < -0.4 is 20.4 Å². The van der Waals surface area contributed by atoms with Crippen LogP contribution in [0.4, 0.5) is 11.4 Å². The van der Waals surface area contributed by atoms with Gasteiger partial charge in [0.2, 0.25) is 0 Å². The first-order valence-corrected chi connectivity index (χ1v) is 11.8. The molecular weight excluding hydrogens is 414 g/mol. The van der Waals surface area contributed by atoms with Crippen molar-refractivity contribution in [3.8, 4) is 0 Å². The average Bonchev–Trinajstić information content (AvgIpc) is 2.88. The third kappa shape index (κ3) is 4.81. The van der Waals surface area contributed by atoms with Gasteiger partial charge in [0.1, 0.15) is 5.54 Å². The number of piperazine rings is 2.